The predicted molar refractivity (Wildman–Crippen MR) is 94.3 cm³/mol. The van der Waals surface area contributed by atoms with Crippen LogP contribution >= 0.6 is 11.6 Å². The van der Waals surface area contributed by atoms with Crippen molar-refractivity contribution in [3.63, 3.8) is 0 Å². The van der Waals surface area contributed by atoms with E-state index in [0.29, 0.717) is 5.56 Å². The van der Waals surface area contributed by atoms with Gasteiger partial charge in [-0.2, -0.15) is 18.3 Å². The molecule has 0 spiro atoms. The van der Waals surface area contributed by atoms with Crippen molar-refractivity contribution in [1.82, 2.24) is 10.4 Å². The third kappa shape index (κ3) is 6.70. The Labute approximate surface area is 157 Å². The summed E-state index contributed by atoms with van der Waals surface area (Å²) in [4.78, 5) is 27.4. The van der Waals surface area contributed by atoms with Crippen LogP contribution in [0.1, 0.15) is 24.0 Å². The molecule has 27 heavy (non-hydrogen) atoms. The average Bonchev–Trinajstić information content (AvgIpc) is 2.62. The maximum absolute atomic E-state index is 12.7. The highest BCUT2D eigenvalue weighted by atomic mass is 35.5. The fourth-order valence-electron chi connectivity index (χ4n) is 1.92. The summed E-state index contributed by atoms with van der Waals surface area (Å²) in [5.41, 5.74) is 1.80. The van der Waals surface area contributed by atoms with Crippen LogP contribution in [0.25, 0.3) is 0 Å². The van der Waals surface area contributed by atoms with Crippen molar-refractivity contribution in [2.75, 3.05) is 5.32 Å². The van der Waals surface area contributed by atoms with Crippen LogP contribution in [-0.4, -0.2) is 23.0 Å². The van der Waals surface area contributed by atoms with Gasteiger partial charge in [-0.1, -0.05) is 17.7 Å². The smallest absolute Gasteiger partial charge is 0.325 e. The molecule has 2 amide bonds. The third-order valence-corrected chi connectivity index (χ3v) is 3.56. The minimum atomic E-state index is -4.56. The number of amides is 2. The number of carbonyl (C=O) groups excluding carboxylic acids is 2. The number of hydrogen-bond acceptors (Lipinski definition) is 4. The fraction of sp³-hybridized carbons (Fsp3) is 0.176. The highest BCUT2D eigenvalue weighted by Crippen LogP contribution is 2.33. The third-order valence-electron chi connectivity index (χ3n) is 3.23. The van der Waals surface area contributed by atoms with E-state index in [9.17, 15) is 22.8 Å². The highest BCUT2D eigenvalue weighted by molar-refractivity contribution is 6.33. The summed E-state index contributed by atoms with van der Waals surface area (Å²) in [6, 6.07) is 6.02. The summed E-state index contributed by atoms with van der Waals surface area (Å²) in [7, 11) is 0. The predicted octanol–water partition coefficient (Wildman–Crippen LogP) is 3.62. The van der Waals surface area contributed by atoms with Gasteiger partial charge in [-0.25, -0.2) is 5.43 Å². The fourth-order valence-corrected chi connectivity index (χ4v) is 2.09. The van der Waals surface area contributed by atoms with E-state index < -0.39 is 23.6 Å². The van der Waals surface area contributed by atoms with Crippen LogP contribution < -0.4 is 10.7 Å². The number of nitrogens with zero attached hydrogens (tertiary/aromatic N) is 2. The maximum atomic E-state index is 12.7. The molecule has 10 heteroatoms. The summed E-state index contributed by atoms with van der Waals surface area (Å²) < 4.78 is 38.1. The molecule has 1 heterocycles. The quantitative estimate of drug-likeness (QED) is 0.575. The molecule has 0 radical (unpaired) electrons. The van der Waals surface area contributed by atoms with Crippen LogP contribution in [-0.2, 0) is 15.8 Å². The van der Waals surface area contributed by atoms with Gasteiger partial charge in [0, 0.05) is 30.8 Å². The van der Waals surface area contributed by atoms with E-state index in [0.717, 1.165) is 18.2 Å². The number of aromatic nitrogens is 1. The SMILES string of the molecule is O=C(CCC(=O)Nc1cc(C(F)(F)F)ccc1Cl)N/N=C\c1cccnc1. The summed E-state index contributed by atoms with van der Waals surface area (Å²) in [6.07, 6.45) is -0.496. The van der Waals surface area contributed by atoms with Gasteiger partial charge in [0.2, 0.25) is 11.8 Å². The monoisotopic (exact) mass is 398 g/mol. The first kappa shape index (κ1) is 20.4. The second-order valence-corrected chi connectivity index (χ2v) is 5.73. The molecule has 1 aromatic heterocycles. The number of halogens is 4. The molecule has 2 aromatic rings. The number of anilines is 1. The first-order valence-electron chi connectivity index (χ1n) is 7.64. The van der Waals surface area contributed by atoms with E-state index in [1.165, 1.54) is 6.21 Å². The van der Waals surface area contributed by atoms with E-state index in [4.69, 9.17) is 11.6 Å². The molecule has 0 saturated heterocycles. The van der Waals surface area contributed by atoms with Crippen LogP contribution in [0.2, 0.25) is 5.02 Å². The Morgan fingerprint density at radius 3 is 2.59 bits per heavy atom. The zero-order valence-electron chi connectivity index (χ0n) is 13.8. The normalized spacial score (nSPS) is 11.4. The number of pyridine rings is 1. The van der Waals surface area contributed by atoms with E-state index in [2.05, 4.69) is 20.8 Å². The minimum absolute atomic E-state index is 0.0399. The lowest BCUT2D eigenvalue weighted by Gasteiger charge is -2.11. The number of carbonyl (C=O) groups is 2. The van der Waals surface area contributed by atoms with Crippen molar-refractivity contribution in [3.05, 3.63) is 58.9 Å². The molecule has 2 N–H and O–H groups in total. The van der Waals surface area contributed by atoms with Gasteiger partial charge in [-0.05, 0) is 24.3 Å². The van der Waals surface area contributed by atoms with Crippen LogP contribution in [0.4, 0.5) is 18.9 Å². The summed E-state index contributed by atoms with van der Waals surface area (Å²) in [5.74, 6) is -1.18. The van der Waals surface area contributed by atoms with Crippen LogP contribution in [0.15, 0.2) is 47.8 Å². The number of hydrazone groups is 1. The van der Waals surface area contributed by atoms with E-state index in [1.54, 1.807) is 24.5 Å². The lowest BCUT2D eigenvalue weighted by molar-refractivity contribution is -0.137. The van der Waals surface area contributed by atoms with Crippen LogP contribution in [0, 0.1) is 0 Å². The molecule has 1 aromatic carbocycles. The number of nitrogens with one attached hydrogen (secondary N) is 2. The largest absolute Gasteiger partial charge is 0.416 e. The summed E-state index contributed by atoms with van der Waals surface area (Å²) >= 11 is 5.79. The minimum Gasteiger partial charge on any atom is -0.325 e. The second kappa shape index (κ2) is 9.13. The number of benzene rings is 1. The topological polar surface area (TPSA) is 83.5 Å². The molecule has 0 aliphatic heterocycles. The number of alkyl halides is 3. The Morgan fingerprint density at radius 1 is 1.19 bits per heavy atom. The van der Waals surface area contributed by atoms with Gasteiger partial charge in [0.25, 0.3) is 0 Å². The first-order chi connectivity index (χ1) is 12.8. The van der Waals surface area contributed by atoms with Crippen molar-refractivity contribution in [3.8, 4) is 0 Å². The van der Waals surface area contributed by atoms with Crippen LogP contribution in [0.5, 0.6) is 0 Å². The van der Waals surface area contributed by atoms with Gasteiger partial charge in [-0.15, -0.1) is 0 Å². The zero-order valence-corrected chi connectivity index (χ0v) is 14.5. The number of rotatable bonds is 6. The molecular weight excluding hydrogens is 385 g/mol. The second-order valence-electron chi connectivity index (χ2n) is 5.32. The van der Waals surface area contributed by atoms with Gasteiger partial charge in [0.15, 0.2) is 0 Å². The van der Waals surface area contributed by atoms with Gasteiger partial charge < -0.3 is 5.32 Å². The van der Waals surface area contributed by atoms with Crippen molar-refractivity contribution in [1.29, 1.82) is 0 Å². The molecule has 0 aliphatic rings. The molecule has 6 nitrogen and oxygen atoms in total. The first-order valence-corrected chi connectivity index (χ1v) is 8.02. The summed E-state index contributed by atoms with van der Waals surface area (Å²) in [5, 5.41) is 5.94. The van der Waals surface area contributed by atoms with Gasteiger partial charge >= 0.3 is 6.18 Å². The van der Waals surface area contributed by atoms with E-state index in [-0.39, 0.29) is 23.6 Å². The molecule has 0 fully saturated rings. The zero-order chi connectivity index (χ0) is 19.9. The Balaban J connectivity index is 1.84. The van der Waals surface area contributed by atoms with Crippen molar-refractivity contribution in [2.45, 2.75) is 19.0 Å². The molecule has 0 saturated carbocycles. The Hall–Kier alpha value is -2.94. The van der Waals surface area contributed by atoms with E-state index >= 15 is 0 Å². The Morgan fingerprint density at radius 2 is 1.93 bits per heavy atom. The van der Waals surface area contributed by atoms with Crippen LogP contribution in [0.3, 0.4) is 0 Å². The Kier molecular flexibility index (Phi) is 6.89. The molecule has 0 atom stereocenters. The van der Waals surface area contributed by atoms with Gasteiger partial charge in [0.1, 0.15) is 0 Å². The molecular formula is C17H14ClF3N4O2. The standard InChI is InChI=1S/C17H14ClF3N4O2/c18-13-4-3-12(17(19,20)21)8-14(13)24-15(26)5-6-16(27)25-23-10-11-2-1-7-22-9-11/h1-4,7-10H,5-6H2,(H,24,26)(H,25,27)/b23-10-. The number of hydrogen-bond donors (Lipinski definition) is 2. The van der Waals surface area contributed by atoms with Gasteiger partial charge in [-0.3, -0.25) is 14.6 Å². The Bertz CT molecular complexity index is 842. The van der Waals surface area contributed by atoms with Crippen molar-refractivity contribution >= 4 is 35.3 Å². The molecule has 0 aliphatic carbocycles. The molecule has 0 bridgehead atoms. The molecule has 142 valence electrons. The average molecular weight is 399 g/mol. The van der Waals surface area contributed by atoms with Crippen molar-refractivity contribution in [2.24, 2.45) is 5.10 Å². The molecule has 2 rings (SSSR count). The van der Waals surface area contributed by atoms with Crippen molar-refractivity contribution < 1.29 is 22.8 Å². The van der Waals surface area contributed by atoms with Gasteiger partial charge in [0.05, 0.1) is 22.5 Å². The summed E-state index contributed by atoms with van der Waals surface area (Å²) in [6.45, 7) is 0. The highest BCUT2D eigenvalue weighted by Gasteiger charge is 2.31. The lowest BCUT2D eigenvalue weighted by Crippen LogP contribution is -2.21. The molecule has 0 unspecified atom stereocenters. The maximum Gasteiger partial charge on any atom is 0.416 e. The lowest BCUT2D eigenvalue weighted by atomic mass is 10.2. The van der Waals surface area contributed by atoms with E-state index in [1.807, 2.05) is 0 Å².